The van der Waals surface area contributed by atoms with Crippen molar-refractivity contribution in [1.82, 2.24) is 19.9 Å². The van der Waals surface area contributed by atoms with Crippen LogP contribution in [0.15, 0.2) is 24.3 Å². The van der Waals surface area contributed by atoms with Gasteiger partial charge in [-0.2, -0.15) is 0 Å². The molecule has 1 spiro atoms. The van der Waals surface area contributed by atoms with Gasteiger partial charge in [-0.05, 0) is 49.1 Å². The molecule has 0 unspecified atom stereocenters. The Kier molecular flexibility index (Phi) is 5.01. The zero-order chi connectivity index (χ0) is 20.7. The van der Waals surface area contributed by atoms with Crippen LogP contribution >= 0.6 is 0 Å². The average Bonchev–Trinajstić information content (AvgIpc) is 3.12. The zero-order valence-corrected chi connectivity index (χ0v) is 17.3. The Hall–Kier alpha value is -2.41. The molecule has 3 aliphatic rings. The molecule has 30 heavy (non-hydrogen) atoms. The second-order valence-corrected chi connectivity index (χ2v) is 9.64. The summed E-state index contributed by atoms with van der Waals surface area (Å²) >= 11 is 0. The minimum absolute atomic E-state index is 0.0528. The maximum absolute atomic E-state index is 13.7. The third-order valence-electron chi connectivity index (χ3n) is 7.44. The van der Waals surface area contributed by atoms with Gasteiger partial charge in [0, 0.05) is 6.54 Å². The van der Waals surface area contributed by atoms with Crippen molar-refractivity contribution in [3.8, 4) is 0 Å². The SMILES string of the molecule is O=CN(O)C[C@@H](CC1CCCC1)C(=O)N1CC2(CC2)C[C@H]1c1nc2ccccc2[nH]1. The van der Waals surface area contributed by atoms with Gasteiger partial charge < -0.3 is 9.88 Å². The van der Waals surface area contributed by atoms with Crippen LogP contribution in [0.2, 0.25) is 0 Å². The maximum atomic E-state index is 13.7. The third-order valence-corrected chi connectivity index (χ3v) is 7.44. The summed E-state index contributed by atoms with van der Waals surface area (Å²) in [6.07, 6.45) is 9.05. The number of imidazole rings is 1. The molecule has 2 heterocycles. The molecule has 7 heteroatoms. The molecule has 1 aliphatic heterocycles. The Morgan fingerprint density at radius 3 is 2.80 bits per heavy atom. The number of carbonyl (C=O) groups excluding carboxylic acids is 2. The largest absolute Gasteiger partial charge is 0.340 e. The number of rotatable bonds is 7. The van der Waals surface area contributed by atoms with Crippen LogP contribution in [-0.2, 0) is 9.59 Å². The Morgan fingerprint density at radius 2 is 2.10 bits per heavy atom. The second kappa shape index (κ2) is 7.69. The number of fused-ring (bicyclic) bond motifs is 1. The Morgan fingerprint density at radius 1 is 1.33 bits per heavy atom. The first kappa shape index (κ1) is 19.5. The summed E-state index contributed by atoms with van der Waals surface area (Å²) in [5.74, 6) is 1.03. The van der Waals surface area contributed by atoms with Crippen molar-refractivity contribution in [1.29, 1.82) is 0 Å². The molecule has 3 fully saturated rings. The van der Waals surface area contributed by atoms with Crippen LogP contribution in [0.1, 0.15) is 63.2 Å². The summed E-state index contributed by atoms with van der Waals surface area (Å²) in [6, 6.07) is 7.88. The second-order valence-electron chi connectivity index (χ2n) is 9.64. The van der Waals surface area contributed by atoms with E-state index in [1.54, 1.807) is 0 Å². The topological polar surface area (TPSA) is 89.5 Å². The van der Waals surface area contributed by atoms with Gasteiger partial charge in [0.25, 0.3) is 0 Å². The summed E-state index contributed by atoms with van der Waals surface area (Å²) in [5.41, 5.74) is 2.13. The van der Waals surface area contributed by atoms with E-state index in [-0.39, 0.29) is 29.8 Å². The fourth-order valence-corrected chi connectivity index (χ4v) is 5.61. The van der Waals surface area contributed by atoms with Gasteiger partial charge in [-0.1, -0.05) is 37.8 Å². The number of benzene rings is 1. The molecule has 2 aromatic rings. The first-order valence-corrected chi connectivity index (χ1v) is 11.2. The normalized spacial score (nSPS) is 23.9. The standard InChI is InChI=1S/C23H30N4O3/c28-15-26(30)13-17(11-16-5-1-2-6-16)22(29)27-14-23(9-10-23)12-20(27)21-24-18-7-3-4-8-19(18)25-21/h3-4,7-8,15-17,20,30H,1-2,5-6,9-14H2,(H,24,25)/t17-,20+/m1/s1. The molecule has 2 amide bonds. The fraction of sp³-hybridized carbons (Fsp3) is 0.609. The number of aromatic nitrogens is 2. The summed E-state index contributed by atoms with van der Waals surface area (Å²) in [5, 5.41) is 10.5. The lowest BCUT2D eigenvalue weighted by Gasteiger charge is -2.30. The quantitative estimate of drug-likeness (QED) is 0.414. The monoisotopic (exact) mass is 410 g/mol. The molecule has 1 aromatic heterocycles. The van der Waals surface area contributed by atoms with Crippen molar-refractivity contribution < 1.29 is 14.8 Å². The highest BCUT2D eigenvalue weighted by molar-refractivity contribution is 5.81. The Labute approximate surface area is 176 Å². The number of carbonyl (C=O) groups is 2. The number of hydrogen-bond donors (Lipinski definition) is 2. The molecule has 7 nitrogen and oxygen atoms in total. The highest BCUT2D eigenvalue weighted by Gasteiger charge is 2.55. The van der Waals surface area contributed by atoms with E-state index in [0.717, 1.165) is 61.9 Å². The van der Waals surface area contributed by atoms with E-state index < -0.39 is 0 Å². The number of likely N-dealkylation sites (tertiary alicyclic amines) is 1. The summed E-state index contributed by atoms with van der Waals surface area (Å²) in [6.45, 7) is 0.816. The Balaban J connectivity index is 1.41. The predicted molar refractivity (Wildman–Crippen MR) is 111 cm³/mol. The number of aromatic amines is 1. The number of hydrogen-bond acceptors (Lipinski definition) is 4. The van der Waals surface area contributed by atoms with Crippen LogP contribution in [0.4, 0.5) is 0 Å². The van der Waals surface area contributed by atoms with Crippen LogP contribution in [0.25, 0.3) is 11.0 Å². The fourth-order valence-electron chi connectivity index (χ4n) is 5.61. The Bertz CT molecular complexity index is 898. The van der Waals surface area contributed by atoms with Crippen molar-refractivity contribution in [2.24, 2.45) is 17.3 Å². The molecular weight excluding hydrogens is 380 g/mol. The number of hydroxylamine groups is 2. The van der Waals surface area contributed by atoms with Crippen LogP contribution in [0, 0.1) is 17.3 Å². The van der Waals surface area contributed by atoms with E-state index in [2.05, 4.69) is 4.98 Å². The minimum atomic E-state index is -0.371. The number of H-pyrrole nitrogens is 1. The predicted octanol–water partition coefficient (Wildman–Crippen LogP) is 3.66. The number of para-hydroxylation sites is 2. The van der Waals surface area contributed by atoms with E-state index in [0.29, 0.717) is 17.4 Å². The molecule has 5 rings (SSSR count). The lowest BCUT2D eigenvalue weighted by atomic mass is 9.91. The van der Waals surface area contributed by atoms with E-state index in [1.807, 2.05) is 29.2 Å². The molecule has 2 N–H and O–H groups in total. The van der Waals surface area contributed by atoms with Crippen LogP contribution < -0.4 is 0 Å². The van der Waals surface area contributed by atoms with E-state index in [1.165, 1.54) is 12.8 Å². The van der Waals surface area contributed by atoms with Crippen molar-refractivity contribution in [2.75, 3.05) is 13.1 Å². The molecular formula is C23H30N4O3. The summed E-state index contributed by atoms with van der Waals surface area (Å²) < 4.78 is 0. The van der Waals surface area contributed by atoms with Crippen molar-refractivity contribution in [2.45, 2.75) is 57.4 Å². The molecule has 0 radical (unpaired) electrons. The third kappa shape index (κ3) is 3.71. The minimum Gasteiger partial charge on any atom is -0.340 e. The molecule has 0 bridgehead atoms. The highest BCUT2D eigenvalue weighted by atomic mass is 16.5. The molecule has 160 valence electrons. The van der Waals surface area contributed by atoms with Gasteiger partial charge in [0.1, 0.15) is 5.82 Å². The zero-order valence-electron chi connectivity index (χ0n) is 17.3. The lowest BCUT2D eigenvalue weighted by molar-refractivity contribution is -0.157. The summed E-state index contributed by atoms with van der Waals surface area (Å²) in [7, 11) is 0. The van der Waals surface area contributed by atoms with Gasteiger partial charge in [-0.15, -0.1) is 0 Å². The van der Waals surface area contributed by atoms with Crippen molar-refractivity contribution >= 4 is 23.4 Å². The van der Waals surface area contributed by atoms with Crippen molar-refractivity contribution in [3.05, 3.63) is 30.1 Å². The van der Waals surface area contributed by atoms with E-state index in [9.17, 15) is 14.8 Å². The van der Waals surface area contributed by atoms with E-state index in [4.69, 9.17) is 4.98 Å². The number of nitrogens with zero attached hydrogens (tertiary/aromatic N) is 3. The van der Waals surface area contributed by atoms with Gasteiger partial charge in [0.2, 0.25) is 12.3 Å². The van der Waals surface area contributed by atoms with Gasteiger partial charge in [0.15, 0.2) is 0 Å². The van der Waals surface area contributed by atoms with Gasteiger partial charge in [-0.25, -0.2) is 10.0 Å². The smallest absolute Gasteiger partial charge is 0.233 e. The molecule has 2 saturated carbocycles. The lowest BCUT2D eigenvalue weighted by Crippen LogP contribution is -2.41. The van der Waals surface area contributed by atoms with Crippen molar-refractivity contribution in [3.63, 3.8) is 0 Å². The molecule has 1 aromatic carbocycles. The summed E-state index contributed by atoms with van der Waals surface area (Å²) in [4.78, 5) is 35.0. The van der Waals surface area contributed by atoms with Crippen LogP contribution in [0.3, 0.4) is 0 Å². The first-order valence-electron chi connectivity index (χ1n) is 11.2. The molecule has 2 atom stereocenters. The van der Waals surface area contributed by atoms with E-state index >= 15 is 0 Å². The number of amides is 2. The van der Waals surface area contributed by atoms with Crippen LogP contribution in [0.5, 0.6) is 0 Å². The average molecular weight is 411 g/mol. The van der Waals surface area contributed by atoms with Gasteiger partial charge in [-0.3, -0.25) is 14.8 Å². The molecule has 2 aliphatic carbocycles. The molecule has 1 saturated heterocycles. The highest BCUT2D eigenvalue weighted by Crippen LogP contribution is 2.58. The van der Waals surface area contributed by atoms with Crippen LogP contribution in [-0.4, -0.2) is 50.5 Å². The maximum Gasteiger partial charge on any atom is 0.233 e. The van der Waals surface area contributed by atoms with Gasteiger partial charge in [0.05, 0.1) is 29.5 Å². The first-order chi connectivity index (χ1) is 14.6. The van der Waals surface area contributed by atoms with Gasteiger partial charge >= 0.3 is 0 Å². The number of nitrogens with one attached hydrogen (secondary N) is 1.